The Hall–Kier alpha value is -1.68. The van der Waals surface area contributed by atoms with E-state index in [0.717, 1.165) is 45.4 Å². The van der Waals surface area contributed by atoms with Gasteiger partial charge in [-0.1, -0.05) is 35.4 Å². The Morgan fingerprint density at radius 2 is 1.38 bits per heavy atom. The summed E-state index contributed by atoms with van der Waals surface area (Å²) >= 11 is 0. The summed E-state index contributed by atoms with van der Waals surface area (Å²) < 4.78 is 0. The predicted molar refractivity (Wildman–Crippen MR) is 81.9 cm³/mol. The minimum atomic E-state index is -0.883. The molecule has 0 amide bonds. The molecule has 4 rings (SSSR count). The highest BCUT2D eigenvalue weighted by atomic mass is 16.3. The van der Waals surface area contributed by atoms with Crippen LogP contribution in [-0.2, 0) is 6.42 Å². The average molecular weight is 281 g/mol. The van der Waals surface area contributed by atoms with Crippen molar-refractivity contribution < 1.29 is 10.2 Å². The lowest BCUT2D eigenvalue weighted by molar-refractivity contribution is 0.0155. The normalized spacial score (nSPS) is 25.7. The van der Waals surface area contributed by atoms with Crippen molar-refractivity contribution in [1.82, 2.24) is 0 Å². The smallest absolute Gasteiger partial charge is 0.110 e. The molecule has 2 aliphatic rings. The maximum absolute atomic E-state index is 10.5. The molecule has 0 spiro atoms. The molecule has 2 aromatic carbocycles. The third-order valence-electron chi connectivity index (χ3n) is 4.76. The molecule has 2 aliphatic carbocycles. The molecule has 21 heavy (non-hydrogen) atoms. The van der Waals surface area contributed by atoms with E-state index < -0.39 is 12.2 Å². The van der Waals surface area contributed by atoms with Crippen LogP contribution in [0.1, 0.15) is 51.6 Å². The van der Waals surface area contributed by atoms with E-state index in [0.29, 0.717) is 0 Å². The Labute approximate surface area is 124 Å². The van der Waals surface area contributed by atoms with Crippen LogP contribution in [0.25, 0.3) is 11.1 Å². The summed E-state index contributed by atoms with van der Waals surface area (Å²) in [6.07, 6.45) is -0.968. The van der Waals surface area contributed by atoms with Crippen molar-refractivity contribution in [1.29, 1.82) is 0 Å². The second kappa shape index (κ2) is 4.17. The van der Waals surface area contributed by atoms with Crippen molar-refractivity contribution in [2.24, 2.45) is 5.73 Å². The van der Waals surface area contributed by atoms with Gasteiger partial charge in [-0.3, -0.25) is 0 Å². The van der Waals surface area contributed by atoms with E-state index in [1.807, 2.05) is 26.0 Å². The summed E-state index contributed by atoms with van der Waals surface area (Å²) in [4.78, 5) is 0. The van der Waals surface area contributed by atoms with Gasteiger partial charge in [0.15, 0.2) is 0 Å². The molecule has 3 nitrogen and oxygen atoms in total. The minimum absolute atomic E-state index is 0.0526. The molecular weight excluding hydrogens is 262 g/mol. The van der Waals surface area contributed by atoms with Gasteiger partial charge in [0.1, 0.15) is 12.2 Å². The zero-order valence-corrected chi connectivity index (χ0v) is 12.2. The molecule has 0 fully saturated rings. The van der Waals surface area contributed by atoms with Crippen molar-refractivity contribution in [3.05, 3.63) is 57.6 Å². The molecule has 108 valence electrons. The largest absolute Gasteiger partial charge is 0.385 e. The Morgan fingerprint density at radius 3 is 2.05 bits per heavy atom. The number of aliphatic hydroxyl groups excluding tert-OH is 2. The van der Waals surface area contributed by atoms with Gasteiger partial charge < -0.3 is 15.9 Å². The van der Waals surface area contributed by atoms with Gasteiger partial charge in [-0.15, -0.1) is 0 Å². The maximum Gasteiger partial charge on any atom is 0.110 e. The Morgan fingerprint density at radius 1 is 0.857 bits per heavy atom. The number of benzene rings is 2. The van der Waals surface area contributed by atoms with Crippen LogP contribution in [0.15, 0.2) is 24.3 Å². The van der Waals surface area contributed by atoms with Gasteiger partial charge in [-0.25, -0.2) is 0 Å². The minimum Gasteiger partial charge on any atom is -0.385 e. The van der Waals surface area contributed by atoms with Crippen molar-refractivity contribution in [2.45, 2.75) is 38.5 Å². The van der Waals surface area contributed by atoms with Crippen LogP contribution in [0, 0.1) is 13.8 Å². The van der Waals surface area contributed by atoms with E-state index in [-0.39, 0.29) is 6.04 Å². The van der Waals surface area contributed by atoms with E-state index in [1.54, 1.807) is 0 Å². The van der Waals surface area contributed by atoms with E-state index in [9.17, 15) is 10.2 Å². The summed E-state index contributed by atoms with van der Waals surface area (Å²) in [5.74, 6) is 0. The van der Waals surface area contributed by atoms with E-state index in [2.05, 4.69) is 12.1 Å². The molecule has 3 atom stereocenters. The SMILES string of the molecule is Cc1cc2c3c(c1)C(O)C(O)c1cc(C)cc(c1-3)C(N)C2. The van der Waals surface area contributed by atoms with Crippen LogP contribution >= 0.6 is 0 Å². The van der Waals surface area contributed by atoms with E-state index in [4.69, 9.17) is 5.73 Å². The van der Waals surface area contributed by atoms with Crippen molar-refractivity contribution in [2.75, 3.05) is 0 Å². The standard InChI is InChI=1S/C18H19NO2/c1-8-3-10-7-14(19)11-4-9(2)6-13-16(11)15(10)12(5-8)17(20)18(13)21/h3-6,14,17-18,20-21H,7,19H2,1-2H3. The van der Waals surface area contributed by atoms with Gasteiger partial charge in [0.25, 0.3) is 0 Å². The fourth-order valence-electron chi connectivity index (χ4n) is 3.94. The summed E-state index contributed by atoms with van der Waals surface area (Å²) in [5, 5.41) is 21.0. The fraction of sp³-hybridized carbons (Fsp3) is 0.333. The van der Waals surface area contributed by atoms with Crippen LogP contribution < -0.4 is 5.73 Å². The van der Waals surface area contributed by atoms with Crippen LogP contribution in [0.3, 0.4) is 0 Å². The van der Waals surface area contributed by atoms with Gasteiger partial charge in [-0.05, 0) is 53.6 Å². The highest BCUT2D eigenvalue weighted by Gasteiger charge is 2.37. The highest BCUT2D eigenvalue weighted by molar-refractivity contribution is 5.83. The average Bonchev–Trinajstić information content (AvgIpc) is 2.43. The van der Waals surface area contributed by atoms with Crippen LogP contribution in [-0.4, -0.2) is 10.2 Å². The third kappa shape index (κ3) is 1.65. The molecule has 0 saturated carbocycles. The number of aryl methyl sites for hydroxylation is 2. The second-order valence-corrected chi connectivity index (χ2v) is 6.41. The van der Waals surface area contributed by atoms with Gasteiger partial charge in [0, 0.05) is 6.04 Å². The van der Waals surface area contributed by atoms with Gasteiger partial charge in [-0.2, -0.15) is 0 Å². The maximum atomic E-state index is 10.5. The molecule has 0 aliphatic heterocycles. The van der Waals surface area contributed by atoms with Crippen LogP contribution in [0.5, 0.6) is 0 Å². The molecule has 0 radical (unpaired) electrons. The number of nitrogens with two attached hydrogens (primary N) is 1. The van der Waals surface area contributed by atoms with Crippen LogP contribution in [0.2, 0.25) is 0 Å². The first-order chi connectivity index (χ1) is 9.97. The summed E-state index contributed by atoms with van der Waals surface area (Å²) in [5.41, 5.74) is 14.6. The first-order valence-corrected chi connectivity index (χ1v) is 7.37. The number of aliphatic hydroxyl groups is 2. The molecule has 0 bridgehead atoms. The lowest BCUT2D eigenvalue weighted by Crippen LogP contribution is -2.26. The Bertz CT molecular complexity index is 766. The zero-order chi connectivity index (χ0) is 14.9. The van der Waals surface area contributed by atoms with Gasteiger partial charge in [0.05, 0.1) is 0 Å². The topological polar surface area (TPSA) is 66.5 Å². The summed E-state index contributed by atoms with van der Waals surface area (Å²) in [6, 6.07) is 8.16. The van der Waals surface area contributed by atoms with Gasteiger partial charge >= 0.3 is 0 Å². The summed E-state index contributed by atoms with van der Waals surface area (Å²) in [6.45, 7) is 4.02. The third-order valence-corrected chi connectivity index (χ3v) is 4.76. The molecular formula is C18H19NO2. The Balaban J connectivity index is 2.15. The van der Waals surface area contributed by atoms with E-state index in [1.165, 1.54) is 5.56 Å². The monoisotopic (exact) mass is 281 g/mol. The molecule has 0 saturated heterocycles. The highest BCUT2D eigenvalue weighted by Crippen LogP contribution is 2.51. The first-order valence-electron chi connectivity index (χ1n) is 7.37. The number of hydrogen-bond donors (Lipinski definition) is 3. The summed E-state index contributed by atoms with van der Waals surface area (Å²) in [7, 11) is 0. The lowest BCUT2D eigenvalue weighted by atomic mass is 9.71. The van der Waals surface area contributed by atoms with Gasteiger partial charge in [0.2, 0.25) is 0 Å². The van der Waals surface area contributed by atoms with E-state index >= 15 is 0 Å². The fourth-order valence-corrected chi connectivity index (χ4v) is 3.94. The second-order valence-electron chi connectivity index (χ2n) is 6.41. The molecule has 2 aromatic rings. The Kier molecular flexibility index (Phi) is 2.58. The van der Waals surface area contributed by atoms with Crippen molar-refractivity contribution in [3.63, 3.8) is 0 Å². The first kappa shape index (κ1) is 13.0. The van der Waals surface area contributed by atoms with Crippen LogP contribution in [0.4, 0.5) is 0 Å². The van der Waals surface area contributed by atoms with Crippen molar-refractivity contribution >= 4 is 0 Å². The molecule has 0 aromatic heterocycles. The predicted octanol–water partition coefficient (Wildman–Crippen LogP) is 2.61. The molecule has 3 unspecified atom stereocenters. The number of rotatable bonds is 0. The lowest BCUT2D eigenvalue weighted by Gasteiger charge is -2.37. The quantitative estimate of drug-likeness (QED) is 0.695. The molecule has 3 heteroatoms. The molecule has 0 heterocycles. The molecule has 4 N–H and O–H groups in total. The van der Waals surface area contributed by atoms with Crippen molar-refractivity contribution in [3.8, 4) is 11.1 Å². The number of hydrogen-bond acceptors (Lipinski definition) is 3. The zero-order valence-electron chi connectivity index (χ0n) is 12.2.